The Morgan fingerprint density at radius 1 is 1.56 bits per heavy atom. The van der Waals surface area contributed by atoms with Gasteiger partial charge in [-0.3, -0.25) is 0 Å². The zero-order valence-corrected chi connectivity index (χ0v) is 9.92. The van der Waals surface area contributed by atoms with Gasteiger partial charge >= 0.3 is 11.9 Å². The van der Waals surface area contributed by atoms with Gasteiger partial charge in [-0.2, -0.15) is 0 Å². The first kappa shape index (κ1) is 12.2. The van der Waals surface area contributed by atoms with Gasteiger partial charge in [0.1, 0.15) is 6.04 Å². The fourth-order valence-electron chi connectivity index (χ4n) is 2.04. The number of esters is 1. The molecule has 0 spiro atoms. The summed E-state index contributed by atoms with van der Waals surface area (Å²) in [4.78, 5) is 24.3. The average Bonchev–Trinajstić information content (AvgIpc) is 2.74. The van der Waals surface area contributed by atoms with E-state index in [4.69, 9.17) is 15.6 Å². The van der Waals surface area contributed by atoms with Crippen LogP contribution in [0.5, 0.6) is 0 Å². The quantitative estimate of drug-likeness (QED) is 0.606. The van der Waals surface area contributed by atoms with Crippen LogP contribution in [-0.2, 0) is 9.53 Å². The van der Waals surface area contributed by atoms with Crippen molar-refractivity contribution in [1.29, 1.82) is 0 Å². The van der Waals surface area contributed by atoms with E-state index >= 15 is 0 Å². The lowest BCUT2D eigenvalue weighted by Crippen LogP contribution is -2.36. The number of carboxylic acids is 1. The predicted molar refractivity (Wildman–Crippen MR) is 65.6 cm³/mol. The van der Waals surface area contributed by atoms with Gasteiger partial charge in [0.15, 0.2) is 0 Å². The van der Waals surface area contributed by atoms with Crippen LogP contribution in [0.25, 0.3) is 0 Å². The number of nitrogens with zero attached hydrogens (tertiary/aromatic N) is 1. The fraction of sp³-hybridized carbons (Fsp3) is 0.333. The number of carboxylic acid groups (broad SMARTS) is 1. The van der Waals surface area contributed by atoms with Crippen LogP contribution in [-0.4, -0.2) is 36.7 Å². The maximum Gasteiger partial charge on any atom is 0.337 e. The molecule has 1 aromatic rings. The Morgan fingerprint density at radius 3 is 2.83 bits per heavy atom. The third kappa shape index (κ3) is 2.09. The summed E-state index contributed by atoms with van der Waals surface area (Å²) in [6, 6.07) is 4.16. The highest BCUT2D eigenvalue weighted by Crippen LogP contribution is 2.26. The summed E-state index contributed by atoms with van der Waals surface area (Å²) in [6.45, 7) is 0.366. The highest BCUT2D eigenvalue weighted by atomic mass is 16.5. The zero-order chi connectivity index (χ0) is 13.3. The van der Waals surface area contributed by atoms with Gasteiger partial charge in [0.25, 0.3) is 0 Å². The van der Waals surface area contributed by atoms with E-state index in [0.717, 1.165) is 0 Å². The van der Waals surface area contributed by atoms with E-state index in [1.807, 2.05) is 0 Å². The normalized spacial score (nSPS) is 18.5. The van der Waals surface area contributed by atoms with Crippen LogP contribution in [0.1, 0.15) is 16.8 Å². The number of hydrogen-bond donors (Lipinski definition) is 2. The molecule has 1 atom stereocenters. The second kappa shape index (κ2) is 4.56. The Balaban J connectivity index is 2.38. The molecule has 1 aliphatic rings. The molecular weight excluding hydrogens is 236 g/mol. The van der Waals surface area contributed by atoms with Gasteiger partial charge in [-0.15, -0.1) is 0 Å². The molecule has 0 amide bonds. The first-order valence-electron chi connectivity index (χ1n) is 5.53. The summed E-state index contributed by atoms with van der Waals surface area (Å²) >= 11 is 0. The Bertz CT molecular complexity index is 501. The summed E-state index contributed by atoms with van der Waals surface area (Å²) in [6.07, 6.45) is 0.554. The maximum atomic E-state index is 11.5. The number of nitrogens with two attached hydrogens (primary N) is 1. The molecule has 0 saturated carbocycles. The van der Waals surface area contributed by atoms with E-state index in [-0.39, 0.29) is 11.5 Å². The van der Waals surface area contributed by atoms with Crippen LogP contribution in [0.3, 0.4) is 0 Å². The van der Waals surface area contributed by atoms with E-state index in [0.29, 0.717) is 24.4 Å². The van der Waals surface area contributed by atoms with Crippen molar-refractivity contribution in [2.24, 2.45) is 0 Å². The van der Waals surface area contributed by atoms with Crippen LogP contribution < -0.4 is 10.6 Å². The molecule has 1 unspecified atom stereocenters. The Kier molecular flexibility index (Phi) is 3.10. The third-order valence-corrected chi connectivity index (χ3v) is 3.01. The average molecular weight is 250 g/mol. The summed E-state index contributed by atoms with van der Waals surface area (Å²) in [5.41, 5.74) is 6.49. The Morgan fingerprint density at radius 2 is 2.28 bits per heavy atom. The van der Waals surface area contributed by atoms with Crippen LogP contribution in [0, 0.1) is 0 Å². The topological polar surface area (TPSA) is 92.9 Å². The van der Waals surface area contributed by atoms with E-state index in [9.17, 15) is 9.59 Å². The minimum Gasteiger partial charge on any atom is -0.478 e. The van der Waals surface area contributed by atoms with Crippen molar-refractivity contribution >= 4 is 23.3 Å². The molecule has 1 saturated heterocycles. The van der Waals surface area contributed by atoms with Gasteiger partial charge in [-0.05, 0) is 18.2 Å². The van der Waals surface area contributed by atoms with Crippen molar-refractivity contribution in [1.82, 2.24) is 0 Å². The van der Waals surface area contributed by atoms with Crippen molar-refractivity contribution in [3.05, 3.63) is 23.8 Å². The standard InChI is InChI=1S/C12H14N2O4/c1-14(10-4-5-18-12(10)17)9-3-2-7(13)6-8(9)11(15)16/h2-3,6,10H,4-5,13H2,1H3,(H,15,16). The largest absolute Gasteiger partial charge is 0.478 e. The number of cyclic esters (lactones) is 1. The number of carbonyl (C=O) groups excluding carboxylic acids is 1. The van der Waals surface area contributed by atoms with Crippen molar-refractivity contribution in [2.45, 2.75) is 12.5 Å². The van der Waals surface area contributed by atoms with Gasteiger partial charge in [0, 0.05) is 19.2 Å². The molecule has 2 rings (SSSR count). The molecule has 0 aromatic heterocycles. The molecule has 0 bridgehead atoms. The van der Waals surface area contributed by atoms with Gasteiger partial charge in [0.05, 0.1) is 17.9 Å². The molecule has 18 heavy (non-hydrogen) atoms. The lowest BCUT2D eigenvalue weighted by Gasteiger charge is -2.25. The van der Waals surface area contributed by atoms with E-state index in [1.165, 1.54) is 6.07 Å². The second-order valence-corrected chi connectivity index (χ2v) is 4.16. The highest BCUT2D eigenvalue weighted by Gasteiger charge is 2.32. The lowest BCUT2D eigenvalue weighted by molar-refractivity contribution is -0.139. The molecule has 1 aliphatic heterocycles. The number of nitrogen functional groups attached to an aromatic ring is 1. The number of rotatable bonds is 3. The van der Waals surface area contributed by atoms with E-state index in [1.54, 1.807) is 24.1 Å². The van der Waals surface area contributed by atoms with Gasteiger partial charge in [0.2, 0.25) is 0 Å². The number of aromatic carboxylic acids is 1. The lowest BCUT2D eigenvalue weighted by atomic mass is 10.1. The zero-order valence-electron chi connectivity index (χ0n) is 9.92. The summed E-state index contributed by atoms with van der Waals surface area (Å²) in [5, 5.41) is 9.15. The summed E-state index contributed by atoms with van der Waals surface area (Å²) in [5.74, 6) is -1.40. The van der Waals surface area contributed by atoms with Crippen molar-refractivity contribution in [2.75, 3.05) is 24.3 Å². The molecule has 0 radical (unpaired) electrons. The minimum absolute atomic E-state index is 0.0807. The van der Waals surface area contributed by atoms with Crippen molar-refractivity contribution in [3.8, 4) is 0 Å². The first-order valence-corrected chi connectivity index (χ1v) is 5.53. The number of likely N-dealkylation sites (N-methyl/N-ethyl adjacent to an activating group) is 1. The fourth-order valence-corrected chi connectivity index (χ4v) is 2.04. The number of ether oxygens (including phenoxy) is 1. The van der Waals surface area contributed by atoms with Crippen LogP contribution in [0.2, 0.25) is 0 Å². The van der Waals surface area contributed by atoms with Gasteiger partial charge in [-0.25, -0.2) is 9.59 Å². The summed E-state index contributed by atoms with van der Waals surface area (Å²) < 4.78 is 4.88. The van der Waals surface area contributed by atoms with Crippen molar-refractivity contribution < 1.29 is 19.4 Å². The number of benzene rings is 1. The highest BCUT2D eigenvalue weighted by molar-refractivity contribution is 5.96. The van der Waals surface area contributed by atoms with E-state index < -0.39 is 12.0 Å². The van der Waals surface area contributed by atoms with E-state index in [2.05, 4.69) is 0 Å². The Hall–Kier alpha value is -2.24. The van der Waals surface area contributed by atoms with Crippen LogP contribution in [0.4, 0.5) is 11.4 Å². The number of anilines is 2. The molecule has 1 fully saturated rings. The molecule has 1 aromatic carbocycles. The molecule has 1 heterocycles. The molecule has 6 nitrogen and oxygen atoms in total. The SMILES string of the molecule is CN(c1ccc(N)cc1C(=O)O)C1CCOC1=O. The molecule has 96 valence electrons. The second-order valence-electron chi connectivity index (χ2n) is 4.16. The van der Waals surface area contributed by atoms with Gasteiger partial charge < -0.3 is 20.5 Å². The first-order chi connectivity index (χ1) is 8.50. The maximum absolute atomic E-state index is 11.5. The van der Waals surface area contributed by atoms with Crippen LogP contribution in [0.15, 0.2) is 18.2 Å². The van der Waals surface area contributed by atoms with Gasteiger partial charge in [-0.1, -0.05) is 0 Å². The molecule has 3 N–H and O–H groups in total. The Labute approximate surface area is 104 Å². The smallest absolute Gasteiger partial charge is 0.337 e. The summed E-state index contributed by atoms with van der Waals surface area (Å²) in [7, 11) is 1.68. The monoisotopic (exact) mass is 250 g/mol. The third-order valence-electron chi connectivity index (χ3n) is 3.01. The number of carbonyl (C=O) groups is 2. The minimum atomic E-state index is -1.07. The molecule has 6 heteroatoms. The van der Waals surface area contributed by atoms with Crippen LogP contribution >= 0.6 is 0 Å². The predicted octanol–water partition coefficient (Wildman–Crippen LogP) is 0.719. The number of hydrogen-bond acceptors (Lipinski definition) is 5. The molecule has 0 aliphatic carbocycles. The van der Waals surface area contributed by atoms with Crippen molar-refractivity contribution in [3.63, 3.8) is 0 Å². The molecular formula is C12H14N2O4.